The molecule has 1 heterocycles. The summed E-state index contributed by atoms with van der Waals surface area (Å²) in [6, 6.07) is 27.9. The van der Waals surface area contributed by atoms with Crippen molar-refractivity contribution in [3.63, 3.8) is 0 Å². The first-order valence-corrected chi connectivity index (χ1v) is 9.71. The molecule has 0 saturated carbocycles. The lowest BCUT2D eigenvalue weighted by Gasteiger charge is -2.09. The van der Waals surface area contributed by atoms with Gasteiger partial charge < -0.3 is 0 Å². The smallest absolute Gasteiger partial charge is 0.215 e. The molecular weight excluding hydrogens is 374 g/mol. The van der Waals surface area contributed by atoms with Crippen LogP contribution in [0, 0.1) is 0 Å². The molecular formula is C22H16ClN3S. The number of hydrogen-bond donors (Lipinski definition) is 0. The summed E-state index contributed by atoms with van der Waals surface area (Å²) in [7, 11) is 0. The molecule has 0 bridgehead atoms. The van der Waals surface area contributed by atoms with E-state index in [0.29, 0.717) is 0 Å². The van der Waals surface area contributed by atoms with Crippen molar-refractivity contribution in [1.82, 2.24) is 4.57 Å². The molecule has 4 rings (SSSR count). The molecule has 0 spiro atoms. The fourth-order valence-electron chi connectivity index (χ4n) is 2.71. The van der Waals surface area contributed by atoms with Crippen LogP contribution in [-0.4, -0.2) is 10.8 Å². The molecule has 1 aromatic heterocycles. The highest BCUT2D eigenvalue weighted by atomic mass is 35.5. The topological polar surface area (TPSA) is 29.6 Å². The second-order valence-electron chi connectivity index (χ2n) is 5.84. The van der Waals surface area contributed by atoms with E-state index in [4.69, 9.17) is 11.6 Å². The van der Waals surface area contributed by atoms with Crippen LogP contribution < -0.4 is 4.80 Å². The second-order valence-corrected chi connectivity index (χ2v) is 7.11. The SMILES string of the molecule is Clc1ccc(-c2cs/c(=N\N=C\c3ccccc3)n2-c2ccccc2)cc1. The monoisotopic (exact) mass is 389 g/mol. The second kappa shape index (κ2) is 8.16. The van der Waals surface area contributed by atoms with Crippen molar-refractivity contribution in [2.75, 3.05) is 0 Å². The number of aromatic nitrogens is 1. The molecule has 3 aromatic carbocycles. The first kappa shape index (κ1) is 17.5. The van der Waals surface area contributed by atoms with Gasteiger partial charge in [0.15, 0.2) is 0 Å². The summed E-state index contributed by atoms with van der Waals surface area (Å²) < 4.78 is 2.11. The van der Waals surface area contributed by atoms with Crippen molar-refractivity contribution in [3.05, 3.63) is 106 Å². The van der Waals surface area contributed by atoms with Gasteiger partial charge in [-0.1, -0.05) is 72.3 Å². The number of para-hydroxylation sites is 1. The minimum atomic E-state index is 0.720. The van der Waals surface area contributed by atoms with Gasteiger partial charge in [0.1, 0.15) is 0 Å². The Morgan fingerprint density at radius 1 is 0.815 bits per heavy atom. The third-order valence-electron chi connectivity index (χ3n) is 4.01. The molecule has 0 amide bonds. The molecule has 132 valence electrons. The van der Waals surface area contributed by atoms with Crippen molar-refractivity contribution in [1.29, 1.82) is 0 Å². The lowest BCUT2D eigenvalue weighted by atomic mass is 10.1. The quantitative estimate of drug-likeness (QED) is 0.312. The van der Waals surface area contributed by atoms with Gasteiger partial charge in [-0.25, -0.2) is 0 Å². The molecule has 3 nitrogen and oxygen atoms in total. The maximum Gasteiger partial charge on any atom is 0.215 e. The summed E-state index contributed by atoms with van der Waals surface area (Å²) in [6.07, 6.45) is 1.76. The molecule has 0 aliphatic rings. The van der Waals surface area contributed by atoms with E-state index in [1.807, 2.05) is 72.8 Å². The predicted molar refractivity (Wildman–Crippen MR) is 114 cm³/mol. The number of hydrogen-bond acceptors (Lipinski definition) is 3. The van der Waals surface area contributed by atoms with Crippen molar-refractivity contribution >= 4 is 29.2 Å². The minimum Gasteiger partial charge on any atom is -0.284 e. The maximum absolute atomic E-state index is 6.05. The Morgan fingerprint density at radius 2 is 1.48 bits per heavy atom. The first-order chi connectivity index (χ1) is 13.3. The zero-order valence-corrected chi connectivity index (χ0v) is 15.9. The minimum absolute atomic E-state index is 0.720. The molecule has 0 radical (unpaired) electrons. The van der Waals surface area contributed by atoms with Gasteiger partial charge in [-0.05, 0) is 35.4 Å². The molecule has 27 heavy (non-hydrogen) atoms. The summed E-state index contributed by atoms with van der Waals surface area (Å²) in [5.74, 6) is 0. The predicted octanol–water partition coefficient (Wildman–Crippen LogP) is 5.79. The van der Waals surface area contributed by atoms with Crippen LogP contribution in [0.2, 0.25) is 5.02 Å². The number of benzene rings is 3. The van der Waals surface area contributed by atoms with Crippen molar-refractivity contribution in [3.8, 4) is 16.9 Å². The van der Waals surface area contributed by atoms with Gasteiger partial charge in [0.2, 0.25) is 4.80 Å². The van der Waals surface area contributed by atoms with E-state index in [-0.39, 0.29) is 0 Å². The maximum atomic E-state index is 6.05. The molecule has 0 unspecified atom stereocenters. The number of rotatable bonds is 4. The summed E-state index contributed by atoms with van der Waals surface area (Å²) >= 11 is 7.60. The van der Waals surface area contributed by atoms with Crippen LogP contribution in [-0.2, 0) is 0 Å². The number of nitrogens with zero attached hydrogens (tertiary/aromatic N) is 3. The summed E-state index contributed by atoms with van der Waals surface area (Å²) in [4.78, 5) is 0.804. The lowest BCUT2D eigenvalue weighted by molar-refractivity contribution is 0.973. The number of thiazole rings is 1. The van der Waals surface area contributed by atoms with E-state index in [9.17, 15) is 0 Å². The third kappa shape index (κ3) is 4.08. The molecule has 0 aliphatic carbocycles. The highest BCUT2D eigenvalue weighted by Gasteiger charge is 2.10. The van der Waals surface area contributed by atoms with Crippen LogP contribution in [0.5, 0.6) is 0 Å². The van der Waals surface area contributed by atoms with Crippen LogP contribution in [0.4, 0.5) is 0 Å². The van der Waals surface area contributed by atoms with Gasteiger partial charge in [-0.15, -0.1) is 16.4 Å². The van der Waals surface area contributed by atoms with Gasteiger partial charge in [-0.3, -0.25) is 4.57 Å². The Kier molecular flexibility index (Phi) is 5.28. The van der Waals surface area contributed by atoms with Crippen LogP contribution in [0.3, 0.4) is 0 Å². The normalized spacial score (nSPS) is 12.0. The average molecular weight is 390 g/mol. The van der Waals surface area contributed by atoms with Crippen molar-refractivity contribution in [2.24, 2.45) is 10.2 Å². The van der Waals surface area contributed by atoms with Crippen LogP contribution in [0.1, 0.15) is 5.56 Å². The molecule has 0 atom stereocenters. The van der Waals surface area contributed by atoms with Crippen molar-refractivity contribution < 1.29 is 0 Å². The molecule has 0 N–H and O–H groups in total. The average Bonchev–Trinajstić information content (AvgIpc) is 3.14. The zero-order chi connectivity index (χ0) is 18.5. The fourth-order valence-corrected chi connectivity index (χ4v) is 3.70. The Morgan fingerprint density at radius 3 is 2.19 bits per heavy atom. The fraction of sp³-hybridized carbons (Fsp3) is 0. The van der Waals surface area contributed by atoms with E-state index in [2.05, 4.69) is 32.3 Å². The number of halogens is 1. The standard InChI is InChI=1S/C22H16ClN3S/c23-19-13-11-18(12-14-19)21-16-27-22(26(21)20-9-5-2-6-10-20)25-24-15-17-7-3-1-4-8-17/h1-16H/b24-15+,25-22-. The summed E-state index contributed by atoms with van der Waals surface area (Å²) in [5, 5.41) is 11.6. The van der Waals surface area contributed by atoms with E-state index >= 15 is 0 Å². The van der Waals surface area contributed by atoms with Gasteiger partial charge in [0.05, 0.1) is 11.9 Å². The third-order valence-corrected chi connectivity index (χ3v) is 5.08. The van der Waals surface area contributed by atoms with E-state index < -0.39 is 0 Å². The lowest BCUT2D eigenvalue weighted by Crippen LogP contribution is -2.13. The Balaban J connectivity index is 1.81. The summed E-state index contributed by atoms with van der Waals surface area (Å²) in [5.41, 5.74) is 4.18. The molecule has 0 fully saturated rings. The summed E-state index contributed by atoms with van der Waals surface area (Å²) in [6.45, 7) is 0. The largest absolute Gasteiger partial charge is 0.284 e. The van der Waals surface area contributed by atoms with Gasteiger partial charge in [-0.2, -0.15) is 5.10 Å². The highest BCUT2D eigenvalue weighted by Crippen LogP contribution is 2.24. The van der Waals surface area contributed by atoms with E-state index in [1.54, 1.807) is 17.6 Å². The molecule has 4 aromatic rings. The first-order valence-electron chi connectivity index (χ1n) is 8.45. The van der Waals surface area contributed by atoms with Crippen LogP contribution >= 0.6 is 22.9 Å². The zero-order valence-electron chi connectivity index (χ0n) is 14.4. The van der Waals surface area contributed by atoms with Gasteiger partial charge in [0, 0.05) is 16.1 Å². The molecule has 0 aliphatic heterocycles. The van der Waals surface area contributed by atoms with Crippen LogP contribution in [0.25, 0.3) is 16.9 Å². The highest BCUT2D eigenvalue weighted by molar-refractivity contribution is 7.07. The van der Waals surface area contributed by atoms with Gasteiger partial charge in [0.25, 0.3) is 0 Å². The van der Waals surface area contributed by atoms with Gasteiger partial charge >= 0.3 is 0 Å². The van der Waals surface area contributed by atoms with E-state index in [0.717, 1.165) is 32.3 Å². The van der Waals surface area contributed by atoms with Crippen LogP contribution in [0.15, 0.2) is 101 Å². The van der Waals surface area contributed by atoms with E-state index in [1.165, 1.54) is 0 Å². The molecule has 0 saturated heterocycles. The molecule has 5 heteroatoms. The Labute approximate surface area is 166 Å². The van der Waals surface area contributed by atoms with Crippen molar-refractivity contribution in [2.45, 2.75) is 0 Å². The Bertz CT molecular complexity index is 1110. The Hall–Kier alpha value is -2.95.